The van der Waals surface area contributed by atoms with Gasteiger partial charge < -0.3 is 4.90 Å². The predicted molar refractivity (Wildman–Crippen MR) is 123 cm³/mol. The summed E-state index contributed by atoms with van der Waals surface area (Å²) in [5.41, 5.74) is 4.82. The summed E-state index contributed by atoms with van der Waals surface area (Å²) in [5, 5.41) is 2.55. The highest BCUT2D eigenvalue weighted by molar-refractivity contribution is 7.17. The van der Waals surface area contributed by atoms with Crippen LogP contribution in [0.4, 0.5) is 5.69 Å². The molecule has 0 unspecified atom stereocenters. The molecule has 4 aromatic rings. The molecule has 152 valence electrons. The fourth-order valence-electron chi connectivity index (χ4n) is 3.74. The van der Waals surface area contributed by atoms with Crippen molar-refractivity contribution in [1.29, 1.82) is 0 Å². The molecule has 4 rings (SSSR count). The molecule has 0 atom stereocenters. The molecule has 2 aromatic heterocycles. The number of hydrogen-bond acceptors (Lipinski definition) is 4. The molecular formula is C24H23N3O2S. The van der Waals surface area contributed by atoms with E-state index in [0.717, 1.165) is 22.4 Å². The maximum Gasteiger partial charge on any atom is 0.263 e. The van der Waals surface area contributed by atoms with Gasteiger partial charge in [-0.1, -0.05) is 42.0 Å². The van der Waals surface area contributed by atoms with Gasteiger partial charge in [0.15, 0.2) is 0 Å². The molecule has 0 fully saturated rings. The van der Waals surface area contributed by atoms with Crippen molar-refractivity contribution in [2.24, 2.45) is 0 Å². The van der Waals surface area contributed by atoms with Gasteiger partial charge in [0.1, 0.15) is 11.4 Å². The lowest BCUT2D eigenvalue weighted by Crippen LogP contribution is -2.36. The van der Waals surface area contributed by atoms with E-state index in [1.54, 1.807) is 4.90 Å². The first-order valence-electron chi connectivity index (χ1n) is 9.89. The molecule has 0 spiro atoms. The Morgan fingerprint density at radius 2 is 1.87 bits per heavy atom. The number of nitrogens with zero attached hydrogens (tertiary/aromatic N) is 3. The van der Waals surface area contributed by atoms with Crippen LogP contribution in [0.15, 0.2) is 65.0 Å². The Hall–Kier alpha value is -3.25. The minimum Gasteiger partial charge on any atom is -0.311 e. The average molecular weight is 418 g/mol. The summed E-state index contributed by atoms with van der Waals surface area (Å²) in [5.74, 6) is -0.143. The highest BCUT2D eigenvalue weighted by Gasteiger charge is 2.18. The topological polar surface area (TPSA) is 55.2 Å². The highest BCUT2D eigenvalue weighted by atomic mass is 32.1. The van der Waals surface area contributed by atoms with Crippen LogP contribution in [0.3, 0.4) is 0 Å². The van der Waals surface area contributed by atoms with Crippen molar-refractivity contribution in [3.8, 4) is 11.1 Å². The standard InChI is InChI=1S/C24H23N3O2S/c1-4-27(18-8-6-5-7-9-18)21(28)13-26-15-25-23-22(24(26)29)20(14-30-23)19-11-10-16(2)12-17(19)3/h5-12,14-15H,4,13H2,1-3H3. The third-order valence-corrected chi connectivity index (χ3v) is 6.11. The van der Waals surface area contributed by atoms with E-state index in [0.29, 0.717) is 16.8 Å². The second kappa shape index (κ2) is 8.24. The predicted octanol–water partition coefficient (Wildman–Crippen LogP) is 4.79. The number of likely N-dealkylation sites (N-methyl/N-ethyl adjacent to an activating group) is 1. The number of thiophene rings is 1. The highest BCUT2D eigenvalue weighted by Crippen LogP contribution is 2.33. The number of benzene rings is 2. The number of hydrogen-bond donors (Lipinski definition) is 0. The third kappa shape index (κ3) is 3.66. The first-order chi connectivity index (χ1) is 14.5. The summed E-state index contributed by atoms with van der Waals surface area (Å²) in [4.78, 5) is 33.1. The van der Waals surface area contributed by atoms with Crippen molar-refractivity contribution < 1.29 is 4.79 Å². The Kier molecular flexibility index (Phi) is 5.50. The first-order valence-corrected chi connectivity index (χ1v) is 10.8. The van der Waals surface area contributed by atoms with Gasteiger partial charge in [-0.05, 0) is 44.0 Å². The van der Waals surface area contributed by atoms with Crippen LogP contribution in [0.1, 0.15) is 18.1 Å². The van der Waals surface area contributed by atoms with Crippen LogP contribution in [-0.4, -0.2) is 22.0 Å². The molecule has 0 saturated heterocycles. The number of rotatable bonds is 5. The summed E-state index contributed by atoms with van der Waals surface area (Å²) in [6, 6.07) is 15.7. The van der Waals surface area contributed by atoms with Gasteiger partial charge in [-0.3, -0.25) is 14.2 Å². The van der Waals surface area contributed by atoms with Crippen LogP contribution in [0.5, 0.6) is 0 Å². The Morgan fingerprint density at radius 3 is 2.57 bits per heavy atom. The second-order valence-electron chi connectivity index (χ2n) is 7.30. The maximum absolute atomic E-state index is 13.3. The summed E-state index contributed by atoms with van der Waals surface area (Å²) < 4.78 is 1.41. The molecule has 0 aliphatic carbocycles. The van der Waals surface area contributed by atoms with Gasteiger partial charge in [-0.25, -0.2) is 4.98 Å². The molecule has 0 aliphatic rings. The lowest BCUT2D eigenvalue weighted by Gasteiger charge is -2.21. The number of fused-ring (bicyclic) bond motifs is 1. The molecule has 30 heavy (non-hydrogen) atoms. The molecule has 6 heteroatoms. The molecule has 0 bridgehead atoms. The van der Waals surface area contributed by atoms with Crippen molar-refractivity contribution in [2.75, 3.05) is 11.4 Å². The van der Waals surface area contributed by atoms with E-state index >= 15 is 0 Å². The van der Waals surface area contributed by atoms with Crippen LogP contribution >= 0.6 is 11.3 Å². The van der Waals surface area contributed by atoms with Gasteiger partial charge in [-0.2, -0.15) is 0 Å². The zero-order valence-corrected chi connectivity index (χ0v) is 18.1. The van der Waals surface area contributed by atoms with Gasteiger partial charge in [0.2, 0.25) is 5.91 Å². The number of anilines is 1. The van der Waals surface area contributed by atoms with Gasteiger partial charge in [-0.15, -0.1) is 11.3 Å². The largest absolute Gasteiger partial charge is 0.311 e. The Labute approximate surface area is 179 Å². The molecule has 0 aliphatic heterocycles. The first kappa shape index (κ1) is 20.0. The van der Waals surface area contributed by atoms with Crippen LogP contribution < -0.4 is 10.5 Å². The summed E-state index contributed by atoms with van der Waals surface area (Å²) in [6.07, 6.45) is 1.48. The minimum absolute atomic E-state index is 0.0489. The second-order valence-corrected chi connectivity index (χ2v) is 8.16. The van der Waals surface area contributed by atoms with Gasteiger partial charge in [0, 0.05) is 23.2 Å². The quantitative estimate of drug-likeness (QED) is 0.469. The molecule has 5 nitrogen and oxygen atoms in total. The van der Waals surface area contributed by atoms with Crippen LogP contribution in [0, 0.1) is 13.8 Å². The van der Waals surface area contributed by atoms with E-state index in [-0.39, 0.29) is 18.0 Å². The Bertz CT molecular complexity index is 1270. The molecule has 1 amide bonds. The zero-order chi connectivity index (χ0) is 21.3. The zero-order valence-electron chi connectivity index (χ0n) is 17.3. The number of carbonyl (C=O) groups is 1. The summed E-state index contributed by atoms with van der Waals surface area (Å²) >= 11 is 1.45. The lowest BCUT2D eigenvalue weighted by molar-refractivity contribution is -0.119. The van der Waals surface area contributed by atoms with E-state index < -0.39 is 0 Å². The third-order valence-electron chi connectivity index (χ3n) is 5.22. The summed E-state index contributed by atoms with van der Waals surface area (Å²) in [6.45, 7) is 6.50. The van der Waals surface area contributed by atoms with Crippen LogP contribution in [0.2, 0.25) is 0 Å². The van der Waals surface area contributed by atoms with Gasteiger partial charge in [0.05, 0.1) is 11.7 Å². The molecule has 0 radical (unpaired) electrons. The maximum atomic E-state index is 13.3. The SMILES string of the molecule is CCN(C(=O)Cn1cnc2scc(-c3ccc(C)cc3C)c2c1=O)c1ccccc1. The van der Waals surface area contributed by atoms with E-state index in [1.165, 1.54) is 27.8 Å². The monoisotopic (exact) mass is 417 g/mol. The van der Waals surface area contributed by atoms with Crippen LogP contribution in [0.25, 0.3) is 21.3 Å². The van der Waals surface area contributed by atoms with Gasteiger partial charge in [0.25, 0.3) is 5.56 Å². The number of para-hydroxylation sites is 1. The van der Waals surface area contributed by atoms with E-state index in [1.807, 2.05) is 61.7 Å². The van der Waals surface area contributed by atoms with Crippen LogP contribution in [-0.2, 0) is 11.3 Å². The Morgan fingerprint density at radius 1 is 1.10 bits per heavy atom. The van der Waals surface area contributed by atoms with Crippen molar-refractivity contribution in [2.45, 2.75) is 27.3 Å². The summed E-state index contributed by atoms with van der Waals surface area (Å²) in [7, 11) is 0. The minimum atomic E-state index is -0.186. The van der Waals surface area contributed by atoms with Crippen molar-refractivity contribution in [1.82, 2.24) is 9.55 Å². The number of aryl methyl sites for hydroxylation is 2. The number of amides is 1. The average Bonchev–Trinajstić information content (AvgIpc) is 3.16. The molecule has 0 saturated carbocycles. The fraction of sp³-hybridized carbons (Fsp3) is 0.208. The molecular weight excluding hydrogens is 394 g/mol. The van der Waals surface area contributed by atoms with Crippen molar-refractivity contribution in [3.63, 3.8) is 0 Å². The van der Waals surface area contributed by atoms with Crippen molar-refractivity contribution >= 4 is 33.1 Å². The smallest absolute Gasteiger partial charge is 0.263 e. The molecule has 2 aromatic carbocycles. The normalized spacial score (nSPS) is 11.0. The van der Waals surface area contributed by atoms with Gasteiger partial charge >= 0.3 is 0 Å². The van der Waals surface area contributed by atoms with E-state index in [4.69, 9.17) is 0 Å². The van der Waals surface area contributed by atoms with E-state index in [9.17, 15) is 9.59 Å². The fourth-order valence-corrected chi connectivity index (χ4v) is 4.63. The number of aromatic nitrogens is 2. The van der Waals surface area contributed by atoms with Crippen molar-refractivity contribution in [3.05, 3.63) is 81.7 Å². The molecule has 0 N–H and O–H groups in total. The Balaban J connectivity index is 1.73. The van der Waals surface area contributed by atoms with E-state index in [2.05, 4.69) is 18.0 Å². The lowest BCUT2D eigenvalue weighted by atomic mass is 9.99. The number of carbonyl (C=O) groups excluding carboxylic acids is 1. The molecule has 2 heterocycles.